The molecule has 0 bridgehead atoms. The Morgan fingerprint density at radius 1 is 1.40 bits per heavy atom. The molecule has 1 saturated heterocycles. The summed E-state index contributed by atoms with van der Waals surface area (Å²) in [4.78, 5) is 16.3. The fourth-order valence-electron chi connectivity index (χ4n) is 2.93. The quantitative estimate of drug-likeness (QED) is 0.854. The van der Waals surface area contributed by atoms with E-state index in [9.17, 15) is 17.6 Å². The van der Waals surface area contributed by atoms with E-state index in [-0.39, 0.29) is 29.7 Å². The Morgan fingerprint density at radius 3 is 2.84 bits per heavy atom. The number of hydrogen-bond acceptors (Lipinski definition) is 5. The first-order valence-electron chi connectivity index (χ1n) is 8.01. The molecule has 7 nitrogen and oxygen atoms in total. The van der Waals surface area contributed by atoms with Crippen LogP contribution in [0.1, 0.15) is 34.5 Å². The fraction of sp³-hybridized carbons (Fsp3) is 0.438. The highest BCUT2D eigenvalue weighted by Crippen LogP contribution is 2.24. The first-order chi connectivity index (χ1) is 11.9. The maximum absolute atomic E-state index is 13.6. The van der Waals surface area contributed by atoms with Crippen LogP contribution < -0.4 is 5.32 Å². The van der Waals surface area contributed by atoms with E-state index in [1.807, 2.05) is 0 Å². The second-order valence-electron chi connectivity index (χ2n) is 6.06. The maximum atomic E-state index is 13.6. The summed E-state index contributed by atoms with van der Waals surface area (Å²) in [5.74, 6) is 0.317. The van der Waals surface area contributed by atoms with Crippen molar-refractivity contribution in [3.05, 3.63) is 47.3 Å². The van der Waals surface area contributed by atoms with Gasteiger partial charge in [-0.3, -0.25) is 4.79 Å². The van der Waals surface area contributed by atoms with E-state index >= 15 is 0 Å². The SMILES string of the molecule is Cc1nc(CCNC(=O)c2ccccc2F)n([C@@H]2CCS(=O)(=O)C2)n1. The highest BCUT2D eigenvalue weighted by atomic mass is 32.2. The molecule has 134 valence electrons. The molecule has 1 aromatic carbocycles. The number of nitrogens with one attached hydrogen (secondary N) is 1. The molecule has 25 heavy (non-hydrogen) atoms. The van der Waals surface area contributed by atoms with Crippen LogP contribution in [-0.4, -0.2) is 47.1 Å². The third-order valence-corrected chi connectivity index (χ3v) is 5.87. The molecule has 0 saturated carbocycles. The van der Waals surface area contributed by atoms with Gasteiger partial charge in [0.05, 0.1) is 23.1 Å². The van der Waals surface area contributed by atoms with Gasteiger partial charge in [0.1, 0.15) is 17.5 Å². The zero-order valence-corrected chi connectivity index (χ0v) is 14.6. The molecule has 9 heteroatoms. The molecule has 1 amide bonds. The van der Waals surface area contributed by atoms with Crippen LogP contribution in [0.25, 0.3) is 0 Å². The molecule has 2 heterocycles. The van der Waals surface area contributed by atoms with Crippen molar-refractivity contribution in [1.29, 1.82) is 0 Å². The predicted octanol–water partition coefficient (Wildman–Crippen LogP) is 1.06. The van der Waals surface area contributed by atoms with Gasteiger partial charge in [-0.25, -0.2) is 22.5 Å². The Balaban J connectivity index is 1.64. The highest BCUT2D eigenvalue weighted by Gasteiger charge is 2.31. The first-order valence-corrected chi connectivity index (χ1v) is 9.83. The predicted molar refractivity (Wildman–Crippen MR) is 89.5 cm³/mol. The molecule has 1 N–H and O–H groups in total. The smallest absolute Gasteiger partial charge is 0.254 e. The van der Waals surface area contributed by atoms with Crippen LogP contribution in [0.3, 0.4) is 0 Å². The van der Waals surface area contributed by atoms with E-state index in [2.05, 4.69) is 15.4 Å². The summed E-state index contributed by atoms with van der Waals surface area (Å²) in [6, 6.07) is 5.55. The number of halogens is 1. The molecule has 0 spiro atoms. The molecule has 0 aliphatic carbocycles. The van der Waals surface area contributed by atoms with Crippen LogP contribution in [0.2, 0.25) is 0 Å². The minimum Gasteiger partial charge on any atom is -0.351 e. The lowest BCUT2D eigenvalue weighted by Crippen LogP contribution is -2.27. The number of carbonyl (C=O) groups excluding carboxylic acids is 1. The summed E-state index contributed by atoms with van der Waals surface area (Å²) in [5.41, 5.74) is -0.0120. The van der Waals surface area contributed by atoms with Gasteiger partial charge in [0.15, 0.2) is 9.84 Å². The summed E-state index contributed by atoms with van der Waals surface area (Å²) >= 11 is 0. The Bertz CT molecular complexity index is 895. The number of amides is 1. The van der Waals surface area contributed by atoms with Crippen LogP contribution in [0.5, 0.6) is 0 Å². The first kappa shape index (κ1) is 17.5. The zero-order valence-electron chi connectivity index (χ0n) is 13.8. The van der Waals surface area contributed by atoms with Crippen LogP contribution >= 0.6 is 0 Å². The third-order valence-electron chi connectivity index (χ3n) is 4.11. The molecule has 2 aromatic rings. The normalized spacial score (nSPS) is 19.0. The van der Waals surface area contributed by atoms with Crippen LogP contribution in [0.4, 0.5) is 4.39 Å². The molecule has 1 aromatic heterocycles. The number of rotatable bonds is 5. The van der Waals surface area contributed by atoms with E-state index in [1.54, 1.807) is 17.7 Å². The van der Waals surface area contributed by atoms with E-state index < -0.39 is 21.6 Å². The van der Waals surface area contributed by atoms with Gasteiger partial charge in [0.2, 0.25) is 0 Å². The van der Waals surface area contributed by atoms with Crippen molar-refractivity contribution in [2.45, 2.75) is 25.8 Å². The molecule has 1 aliphatic rings. The Kier molecular flexibility index (Phi) is 4.85. The molecule has 1 aliphatic heterocycles. The summed E-state index contributed by atoms with van der Waals surface area (Å²) in [6.07, 6.45) is 0.900. The minimum atomic E-state index is -3.03. The van der Waals surface area contributed by atoms with Gasteiger partial charge in [-0.1, -0.05) is 12.1 Å². The second-order valence-corrected chi connectivity index (χ2v) is 8.29. The van der Waals surface area contributed by atoms with Crippen molar-refractivity contribution >= 4 is 15.7 Å². The van der Waals surface area contributed by atoms with Crippen molar-refractivity contribution in [3.63, 3.8) is 0 Å². The number of hydrogen-bond donors (Lipinski definition) is 1. The monoisotopic (exact) mass is 366 g/mol. The third kappa shape index (κ3) is 4.04. The van der Waals surface area contributed by atoms with Crippen molar-refractivity contribution in [2.24, 2.45) is 0 Å². The average Bonchev–Trinajstić information content (AvgIpc) is 3.09. The van der Waals surface area contributed by atoms with Crippen molar-refractivity contribution in [3.8, 4) is 0 Å². The average molecular weight is 366 g/mol. The van der Waals surface area contributed by atoms with Gasteiger partial charge in [0, 0.05) is 13.0 Å². The van der Waals surface area contributed by atoms with Gasteiger partial charge in [-0.15, -0.1) is 0 Å². The van der Waals surface area contributed by atoms with Crippen molar-refractivity contribution in [2.75, 3.05) is 18.1 Å². The number of sulfone groups is 1. The lowest BCUT2D eigenvalue weighted by atomic mass is 10.2. The largest absolute Gasteiger partial charge is 0.351 e. The maximum Gasteiger partial charge on any atom is 0.254 e. The number of aromatic nitrogens is 3. The van der Waals surface area contributed by atoms with Gasteiger partial charge >= 0.3 is 0 Å². The van der Waals surface area contributed by atoms with Crippen LogP contribution in [0, 0.1) is 12.7 Å². The summed E-state index contributed by atoms with van der Waals surface area (Å²) in [5, 5.41) is 6.95. The van der Waals surface area contributed by atoms with Crippen LogP contribution in [-0.2, 0) is 16.3 Å². The molecule has 0 unspecified atom stereocenters. The van der Waals surface area contributed by atoms with Gasteiger partial charge in [0.25, 0.3) is 5.91 Å². The summed E-state index contributed by atoms with van der Waals surface area (Å²) in [6.45, 7) is 1.99. The minimum absolute atomic E-state index is 0.0120. The topological polar surface area (TPSA) is 94.0 Å². The molecular weight excluding hydrogens is 347 g/mol. The van der Waals surface area contributed by atoms with Crippen LogP contribution in [0.15, 0.2) is 24.3 Å². The molecule has 1 fully saturated rings. The number of nitrogens with zero attached hydrogens (tertiary/aromatic N) is 3. The van der Waals surface area contributed by atoms with Gasteiger partial charge in [-0.05, 0) is 25.5 Å². The van der Waals surface area contributed by atoms with E-state index in [0.717, 1.165) is 0 Å². The van der Waals surface area contributed by atoms with E-state index in [4.69, 9.17) is 0 Å². The highest BCUT2D eigenvalue weighted by molar-refractivity contribution is 7.91. The van der Waals surface area contributed by atoms with Gasteiger partial charge < -0.3 is 5.32 Å². The Hall–Kier alpha value is -2.29. The molecule has 3 rings (SSSR count). The second kappa shape index (κ2) is 6.91. The lowest BCUT2D eigenvalue weighted by molar-refractivity contribution is 0.0950. The fourth-order valence-corrected chi connectivity index (χ4v) is 4.63. The standard InChI is InChI=1S/C16H19FN4O3S/c1-11-19-15(21(20-11)12-7-9-25(23,24)10-12)6-8-18-16(22)13-4-2-3-5-14(13)17/h2-5,12H,6-10H2,1H3,(H,18,22)/t12-/m1/s1. The summed E-state index contributed by atoms with van der Waals surface area (Å²) < 4.78 is 38.6. The summed E-state index contributed by atoms with van der Waals surface area (Å²) in [7, 11) is -3.03. The number of carbonyl (C=O) groups is 1. The van der Waals surface area contributed by atoms with Gasteiger partial charge in [-0.2, -0.15) is 5.10 Å². The molecule has 1 atom stereocenters. The lowest BCUT2D eigenvalue weighted by Gasteiger charge is -2.12. The number of aryl methyl sites for hydroxylation is 1. The van der Waals surface area contributed by atoms with Crippen molar-refractivity contribution < 1.29 is 17.6 Å². The molecule has 0 radical (unpaired) electrons. The van der Waals surface area contributed by atoms with E-state index in [1.165, 1.54) is 18.2 Å². The van der Waals surface area contributed by atoms with E-state index in [0.29, 0.717) is 24.5 Å². The number of benzene rings is 1. The van der Waals surface area contributed by atoms with Crippen molar-refractivity contribution in [1.82, 2.24) is 20.1 Å². The molecular formula is C16H19FN4O3S. The Morgan fingerprint density at radius 2 is 2.16 bits per heavy atom. The Labute approximate surface area is 145 Å². The zero-order chi connectivity index (χ0) is 18.0.